The molecular weight excluding hydrogens is 256 g/mol. The van der Waals surface area contributed by atoms with Crippen LogP contribution in [-0.2, 0) is 0 Å². The van der Waals surface area contributed by atoms with Crippen molar-refractivity contribution in [1.82, 2.24) is 4.98 Å². The van der Waals surface area contributed by atoms with E-state index < -0.39 is 0 Å². The van der Waals surface area contributed by atoms with Crippen LogP contribution in [0.2, 0.25) is 0 Å². The van der Waals surface area contributed by atoms with Gasteiger partial charge in [0.05, 0.1) is 4.92 Å². The van der Waals surface area contributed by atoms with Crippen molar-refractivity contribution in [3.63, 3.8) is 0 Å². The van der Waals surface area contributed by atoms with Crippen molar-refractivity contribution < 1.29 is 4.92 Å². The molecule has 1 aromatic heterocycles. The van der Waals surface area contributed by atoms with Crippen LogP contribution in [0.15, 0.2) is 12.3 Å². The number of rotatable bonds is 4. The van der Waals surface area contributed by atoms with Crippen LogP contribution in [0, 0.1) is 17.0 Å². The van der Waals surface area contributed by atoms with Crippen molar-refractivity contribution in [2.75, 3.05) is 11.4 Å². The first-order chi connectivity index (χ1) is 9.52. The van der Waals surface area contributed by atoms with Gasteiger partial charge in [-0.15, -0.1) is 0 Å². The highest BCUT2D eigenvalue weighted by Crippen LogP contribution is 2.28. The van der Waals surface area contributed by atoms with Crippen LogP contribution in [0.4, 0.5) is 11.5 Å². The largest absolute Gasteiger partial charge is 0.354 e. The summed E-state index contributed by atoms with van der Waals surface area (Å²) in [5, 5.41) is 10.8. The fourth-order valence-corrected chi connectivity index (χ4v) is 2.90. The van der Waals surface area contributed by atoms with Gasteiger partial charge in [-0.25, -0.2) is 4.98 Å². The first kappa shape index (κ1) is 14.7. The zero-order valence-electron chi connectivity index (χ0n) is 12.1. The molecule has 2 N–H and O–H groups in total. The van der Waals surface area contributed by atoms with E-state index in [2.05, 4.69) is 16.8 Å². The maximum absolute atomic E-state index is 10.8. The van der Waals surface area contributed by atoms with Gasteiger partial charge in [-0.2, -0.15) is 0 Å². The Labute approximate surface area is 119 Å². The predicted octanol–water partition coefficient (Wildman–Crippen LogP) is 2.39. The average molecular weight is 278 g/mol. The van der Waals surface area contributed by atoms with Crippen molar-refractivity contribution in [2.45, 2.75) is 51.6 Å². The van der Waals surface area contributed by atoms with E-state index in [1.807, 2.05) is 6.07 Å². The van der Waals surface area contributed by atoms with Gasteiger partial charge in [0.15, 0.2) is 0 Å². The number of pyridine rings is 1. The highest BCUT2D eigenvalue weighted by molar-refractivity contribution is 5.49. The standard InChI is InChI=1S/C14H22N4O2/c1-3-17(12-6-4-11(15)5-7-12)14-8-10(2)13(9-16-14)18(19)20/h8-9,11-12H,3-7,15H2,1-2H3. The van der Waals surface area contributed by atoms with Gasteiger partial charge >= 0.3 is 0 Å². The molecule has 1 fully saturated rings. The molecule has 1 aromatic rings. The topological polar surface area (TPSA) is 85.3 Å². The SMILES string of the molecule is CCN(c1cc(C)c([N+](=O)[O-])cn1)C1CCC(N)CC1. The normalized spacial score (nSPS) is 22.6. The van der Waals surface area contributed by atoms with Crippen LogP contribution < -0.4 is 10.6 Å². The third-order valence-electron chi connectivity index (χ3n) is 4.08. The zero-order chi connectivity index (χ0) is 14.7. The molecule has 0 spiro atoms. The van der Waals surface area contributed by atoms with E-state index in [1.165, 1.54) is 6.20 Å². The van der Waals surface area contributed by atoms with Crippen LogP contribution >= 0.6 is 0 Å². The number of nitrogens with zero attached hydrogens (tertiary/aromatic N) is 3. The number of aromatic nitrogens is 1. The Hall–Kier alpha value is -1.69. The summed E-state index contributed by atoms with van der Waals surface area (Å²) in [7, 11) is 0. The maximum atomic E-state index is 10.8. The number of hydrogen-bond donors (Lipinski definition) is 1. The van der Waals surface area contributed by atoms with Gasteiger partial charge in [-0.3, -0.25) is 10.1 Å². The third-order valence-corrected chi connectivity index (χ3v) is 4.08. The van der Waals surface area contributed by atoms with Crippen molar-refractivity contribution in [3.05, 3.63) is 27.9 Å². The van der Waals surface area contributed by atoms with E-state index in [1.54, 1.807) is 6.92 Å². The molecule has 0 aromatic carbocycles. The summed E-state index contributed by atoms with van der Waals surface area (Å²) in [5.41, 5.74) is 6.68. The number of aryl methyl sites for hydroxylation is 1. The van der Waals surface area contributed by atoms with Crippen LogP contribution in [0.5, 0.6) is 0 Å². The summed E-state index contributed by atoms with van der Waals surface area (Å²) in [6.07, 6.45) is 5.56. The van der Waals surface area contributed by atoms with Crippen LogP contribution in [0.3, 0.4) is 0 Å². The first-order valence-electron chi connectivity index (χ1n) is 7.16. The predicted molar refractivity (Wildman–Crippen MR) is 78.9 cm³/mol. The molecule has 110 valence electrons. The third kappa shape index (κ3) is 3.07. The molecule has 1 heterocycles. The fraction of sp³-hybridized carbons (Fsp3) is 0.643. The number of hydrogen-bond acceptors (Lipinski definition) is 5. The molecule has 0 bridgehead atoms. The summed E-state index contributed by atoms with van der Waals surface area (Å²) in [6.45, 7) is 4.70. The lowest BCUT2D eigenvalue weighted by atomic mass is 9.90. The second kappa shape index (κ2) is 6.17. The van der Waals surface area contributed by atoms with Gasteiger partial charge in [-0.05, 0) is 45.6 Å². The summed E-state index contributed by atoms with van der Waals surface area (Å²) >= 11 is 0. The lowest BCUT2D eigenvalue weighted by Crippen LogP contribution is -2.41. The quantitative estimate of drug-likeness (QED) is 0.675. The Morgan fingerprint density at radius 3 is 2.60 bits per heavy atom. The molecule has 0 radical (unpaired) electrons. The summed E-state index contributed by atoms with van der Waals surface area (Å²) in [5.74, 6) is 0.830. The molecule has 2 rings (SSSR count). The van der Waals surface area contributed by atoms with Crippen molar-refractivity contribution in [3.8, 4) is 0 Å². The monoisotopic (exact) mass is 278 g/mol. The molecule has 6 heteroatoms. The molecular formula is C14H22N4O2. The minimum absolute atomic E-state index is 0.0791. The molecule has 0 atom stereocenters. The fourth-order valence-electron chi connectivity index (χ4n) is 2.90. The van der Waals surface area contributed by atoms with Crippen LogP contribution in [-0.4, -0.2) is 28.5 Å². The molecule has 1 saturated carbocycles. The molecule has 20 heavy (non-hydrogen) atoms. The highest BCUT2D eigenvalue weighted by Gasteiger charge is 2.25. The summed E-state index contributed by atoms with van der Waals surface area (Å²) in [6, 6.07) is 2.57. The molecule has 0 aliphatic heterocycles. The Bertz CT molecular complexity index is 484. The van der Waals surface area contributed by atoms with Gasteiger partial charge < -0.3 is 10.6 Å². The second-order valence-electron chi connectivity index (χ2n) is 5.44. The number of nitro groups is 1. The Kier molecular flexibility index (Phi) is 4.54. The smallest absolute Gasteiger partial charge is 0.290 e. The Morgan fingerprint density at radius 2 is 2.10 bits per heavy atom. The van der Waals surface area contributed by atoms with E-state index in [9.17, 15) is 10.1 Å². The van der Waals surface area contributed by atoms with E-state index in [4.69, 9.17) is 5.73 Å². The molecule has 1 aliphatic rings. The van der Waals surface area contributed by atoms with Gasteiger partial charge in [-0.1, -0.05) is 0 Å². The molecule has 6 nitrogen and oxygen atoms in total. The minimum atomic E-state index is -0.387. The lowest BCUT2D eigenvalue weighted by Gasteiger charge is -2.36. The summed E-state index contributed by atoms with van der Waals surface area (Å²) in [4.78, 5) is 17.0. The van der Waals surface area contributed by atoms with E-state index in [0.717, 1.165) is 38.0 Å². The maximum Gasteiger partial charge on any atom is 0.290 e. The minimum Gasteiger partial charge on any atom is -0.354 e. The van der Waals surface area contributed by atoms with Crippen LogP contribution in [0.25, 0.3) is 0 Å². The lowest BCUT2D eigenvalue weighted by molar-refractivity contribution is -0.385. The Balaban J connectivity index is 2.19. The average Bonchev–Trinajstić information content (AvgIpc) is 2.41. The van der Waals surface area contributed by atoms with Gasteiger partial charge in [0.25, 0.3) is 5.69 Å². The second-order valence-corrected chi connectivity index (χ2v) is 5.44. The molecule has 0 saturated heterocycles. The van der Waals surface area contributed by atoms with E-state index in [0.29, 0.717) is 17.6 Å². The first-order valence-corrected chi connectivity index (χ1v) is 7.16. The summed E-state index contributed by atoms with van der Waals surface area (Å²) < 4.78 is 0. The molecule has 1 aliphatic carbocycles. The van der Waals surface area contributed by atoms with Crippen LogP contribution in [0.1, 0.15) is 38.2 Å². The highest BCUT2D eigenvalue weighted by atomic mass is 16.6. The van der Waals surface area contributed by atoms with Crippen molar-refractivity contribution >= 4 is 11.5 Å². The van der Waals surface area contributed by atoms with E-state index >= 15 is 0 Å². The van der Waals surface area contributed by atoms with Gasteiger partial charge in [0, 0.05) is 24.2 Å². The zero-order valence-corrected chi connectivity index (χ0v) is 12.1. The van der Waals surface area contributed by atoms with Gasteiger partial charge in [0.2, 0.25) is 0 Å². The molecule has 0 amide bonds. The number of nitrogens with two attached hydrogens (primary N) is 1. The Morgan fingerprint density at radius 1 is 1.45 bits per heavy atom. The molecule has 0 unspecified atom stereocenters. The van der Waals surface area contributed by atoms with Gasteiger partial charge in [0.1, 0.15) is 12.0 Å². The van der Waals surface area contributed by atoms with Crippen molar-refractivity contribution in [2.24, 2.45) is 5.73 Å². The van der Waals surface area contributed by atoms with Crippen molar-refractivity contribution in [1.29, 1.82) is 0 Å². The number of anilines is 1. The van der Waals surface area contributed by atoms with E-state index in [-0.39, 0.29) is 10.6 Å².